The lowest BCUT2D eigenvalue weighted by molar-refractivity contribution is 0.0944. The van der Waals surface area contributed by atoms with Crippen molar-refractivity contribution in [3.05, 3.63) is 409 Å². The summed E-state index contributed by atoms with van der Waals surface area (Å²) in [6.45, 7) is 26.1. The van der Waals surface area contributed by atoms with Crippen LogP contribution in [0.3, 0.4) is 0 Å². The number of hydrogen-bond acceptors (Lipinski definition) is 17. The summed E-state index contributed by atoms with van der Waals surface area (Å²) in [5.74, 6) is 3.09. The molecule has 43 rings (SSSR count). The maximum atomic E-state index is 12.1. The Morgan fingerprint density at radius 1 is 0.279 bits per heavy atom. The van der Waals surface area contributed by atoms with E-state index in [1.165, 1.54) is 4.60 Å². The van der Waals surface area contributed by atoms with Gasteiger partial charge in [-0.25, -0.2) is 0 Å². The van der Waals surface area contributed by atoms with Gasteiger partial charge in [-0.1, -0.05) is 229 Å². The zero-order valence-electron chi connectivity index (χ0n) is 69.5. The summed E-state index contributed by atoms with van der Waals surface area (Å²) in [4.78, 5) is 61.1. The summed E-state index contributed by atoms with van der Waals surface area (Å²) in [6, 6.07) is 98.6. The van der Waals surface area contributed by atoms with Gasteiger partial charge >= 0.3 is 23.7 Å². The van der Waals surface area contributed by atoms with Crippen LogP contribution in [0.4, 0.5) is 0 Å². The highest BCUT2D eigenvalue weighted by atomic mass is 32.7. The molecule has 0 fully saturated rings. The molecule has 0 spiro atoms. The van der Waals surface area contributed by atoms with Crippen LogP contribution < -0.4 is 45.6 Å². The molecule has 13 aromatic rings. The van der Waals surface area contributed by atoms with Crippen molar-refractivity contribution in [2.24, 2.45) is 0 Å². The quantitative estimate of drug-likeness (QED) is 0.0537. The number of hydrogen-bond donors (Lipinski definition) is 0. The molecule has 16 nitrogen and oxygen atoms in total. The molecule has 13 aromatic carbocycles. The minimum atomic E-state index is -4.46. The zero-order valence-corrected chi connectivity index (χ0v) is 74.8. The predicted octanol–water partition coefficient (Wildman–Crippen LogP) is 26.9. The van der Waals surface area contributed by atoms with Gasteiger partial charge in [0.15, 0.2) is 46.0 Å². The molecule has 0 radical (unpaired) electrons. The first kappa shape index (κ1) is 85.8. The topological polar surface area (TPSA) is 178 Å². The van der Waals surface area contributed by atoms with Gasteiger partial charge < -0.3 is 56.5 Å². The van der Waals surface area contributed by atoms with Crippen molar-refractivity contribution < 1.29 is 64.7 Å². The molecule has 0 aromatic heterocycles. The summed E-state index contributed by atoms with van der Waals surface area (Å²) >= 11 is 13.5. The fourth-order valence-electron chi connectivity index (χ4n) is 14.8. The second-order valence-corrected chi connectivity index (χ2v) is 42.7. The highest BCUT2D eigenvalue weighted by molar-refractivity contribution is 8.41. The van der Waals surface area contributed by atoms with E-state index in [0.717, 1.165) is 91.9 Å². The first-order valence-corrected chi connectivity index (χ1v) is 47.6. The second-order valence-electron chi connectivity index (χ2n) is 33.3. The monoisotopic (exact) mass is 1730 g/mol. The Hall–Kier alpha value is -11.1. The predicted molar refractivity (Wildman–Crippen MR) is 492 cm³/mol. The van der Waals surface area contributed by atoms with Gasteiger partial charge in [0.25, 0.3) is 0 Å². The minimum Gasteiger partial charge on any atom is -0.485 e. The molecule has 30 aliphatic rings. The van der Waals surface area contributed by atoms with Crippen molar-refractivity contribution in [3.8, 4) is 57.5 Å². The Bertz CT molecular complexity index is 5590. The molecule has 0 amide bonds. The number of carbonyl (C=O) groups excluding carboxylic acids is 4. The van der Waals surface area contributed by atoms with Crippen molar-refractivity contribution in [1.29, 1.82) is 0 Å². The molecular weight excluding hydrogens is 1640 g/mol. The number of benzene rings is 13. The third kappa shape index (κ3) is 18.5. The average Bonchev–Trinajstić information content (AvgIpc) is 0.783. The van der Waals surface area contributed by atoms with Crippen LogP contribution in [0.1, 0.15) is 191 Å². The highest BCUT2D eigenvalue weighted by Crippen LogP contribution is 2.81. The van der Waals surface area contributed by atoms with Crippen LogP contribution in [0, 0.1) is 0 Å². The second kappa shape index (κ2) is 34.7. The van der Waals surface area contributed by atoms with E-state index < -0.39 is 63.2 Å². The molecule has 0 aliphatic carbocycles. The number of carbonyl (C=O) groups is 4. The smallest absolute Gasteiger partial charge is 0.485 e. The molecule has 20 bridgehead atoms. The maximum absolute atomic E-state index is 12.1. The molecule has 30 aliphatic heterocycles. The molecule has 0 saturated heterocycles. The van der Waals surface area contributed by atoms with Crippen molar-refractivity contribution in [1.82, 2.24) is 4.60 Å². The largest absolute Gasteiger partial charge is 0.507 e. The molecular formula is C100H92N2O14P4S2. The van der Waals surface area contributed by atoms with Gasteiger partial charge in [0.1, 0.15) is 41.2 Å². The molecule has 22 heteroatoms. The lowest BCUT2D eigenvalue weighted by Crippen LogP contribution is -2.31. The average molecular weight is 1730 g/mol. The third-order valence-electron chi connectivity index (χ3n) is 23.2. The van der Waals surface area contributed by atoms with E-state index in [4.69, 9.17) is 74.9 Å². The summed E-state index contributed by atoms with van der Waals surface area (Å²) in [6.07, 6.45) is 2.97. The van der Waals surface area contributed by atoms with Crippen LogP contribution in [0.2, 0.25) is 0 Å². The van der Waals surface area contributed by atoms with E-state index in [9.17, 15) is 19.2 Å². The summed E-state index contributed by atoms with van der Waals surface area (Å²) in [5, 5.41) is 0. The molecule has 618 valence electrons. The summed E-state index contributed by atoms with van der Waals surface area (Å²) in [5.41, 5.74) is 10.2. The van der Waals surface area contributed by atoms with Crippen LogP contribution in [0.25, 0.3) is 4.86 Å². The van der Waals surface area contributed by atoms with Crippen molar-refractivity contribution in [2.75, 3.05) is 0 Å². The molecule has 0 N–H and O–H groups in total. The Balaban J connectivity index is 0.928. The minimum absolute atomic E-state index is 0.239. The molecule has 0 unspecified atom stereocenters. The fourth-order valence-corrected chi connectivity index (χ4v) is 24.4. The maximum Gasteiger partial charge on any atom is 0.507 e. The van der Waals surface area contributed by atoms with Crippen LogP contribution in [0.5, 0.6) is 57.5 Å². The lowest BCUT2D eigenvalue weighted by Gasteiger charge is -2.40. The van der Waals surface area contributed by atoms with E-state index >= 15 is 0 Å². The summed E-state index contributed by atoms with van der Waals surface area (Å²) in [7, 11) is -15.5. The van der Waals surface area contributed by atoms with Crippen LogP contribution >= 0.6 is 30.8 Å². The van der Waals surface area contributed by atoms with Gasteiger partial charge in [-0.3, -0.25) is 32.7 Å². The standard InChI is InChI=1S/C100H92N2O14P4S2/c1-95(2)73-21-27-76(28-22-73)98(7,8)82-39-59-88(60-40-82)110-118(101-119(121,113-91-45-13-69(65-103)14-46-91)114-92-47-15-70(66-104)16-48-92)111-89-61-41-83(42-62-89)99(9,10)77-29-23-74(24-30-77)96(3,4)80-35-55-86(56-36-80)108-117(109-87-57-37-81(38-58-87)97(5,6)75-25-31-78(32-26-75)100(11,12)84-43-63-90(112-118)64-44-84)102(107-85-53-33-79(95)34-54-85)120(122,115-93-49-17-71(67-105)18-50-93)116-94-51-19-72(68-106)20-52-94/h13-68H,1-12H3. The molecule has 30 heterocycles. The van der Waals surface area contributed by atoms with E-state index in [2.05, 4.69) is 156 Å². The number of aldehydes is 4. The van der Waals surface area contributed by atoms with Gasteiger partial charge in [0, 0.05) is 54.7 Å². The SMILES string of the molecule is CC1(C)c2ccc(cc2)ON([P+]([S-])(Oc2ccc(C=O)cc2)Oc2ccc(C=O)cc2)P2Oc3ccc(cc3)C(C)(C)c3ccc(cc3)C(C)(C)c3ccc(cc3)O[P+]([N-][P+]([S-])(Oc3ccc(C=O)cc3)Oc3ccc(C=O)cc3)(Oc3ccc(cc3)C(C)(C)c3ccc1cc3)Oc1ccc(cc1)C(C)(C)c1ccc(cc1)C(C)(C)c1ccc(cc1)O2. The Labute approximate surface area is 727 Å². The normalized spacial score (nSPS) is 17.5. The molecule has 0 atom stereocenters. The molecule has 0 saturated carbocycles. The van der Waals surface area contributed by atoms with Gasteiger partial charge in [-0.15, -0.1) is 0 Å². The Kier molecular flexibility index (Phi) is 24.4. The van der Waals surface area contributed by atoms with E-state index in [-0.39, 0.29) is 23.0 Å². The van der Waals surface area contributed by atoms with Gasteiger partial charge in [0.2, 0.25) is 7.07 Å². The van der Waals surface area contributed by atoms with Gasteiger partial charge in [0.05, 0.1) is 0 Å². The van der Waals surface area contributed by atoms with Crippen LogP contribution in [-0.4, -0.2) is 29.7 Å². The molecule has 122 heavy (non-hydrogen) atoms. The summed E-state index contributed by atoms with van der Waals surface area (Å²) < 4.78 is 65.6. The van der Waals surface area contributed by atoms with Gasteiger partial charge in [-0.05, 0) is 237 Å². The van der Waals surface area contributed by atoms with E-state index in [1.807, 2.05) is 146 Å². The van der Waals surface area contributed by atoms with Crippen molar-refractivity contribution in [3.63, 3.8) is 0 Å². The fraction of sp³-hybridized carbons (Fsp3) is 0.180. The van der Waals surface area contributed by atoms with Crippen LogP contribution in [-0.2, 0) is 57.0 Å². The van der Waals surface area contributed by atoms with Crippen molar-refractivity contribution in [2.45, 2.75) is 116 Å². The third-order valence-corrected chi connectivity index (χ3v) is 33.1. The number of rotatable bonds is 15. The highest BCUT2D eigenvalue weighted by Gasteiger charge is 2.54. The number of nitrogens with zero attached hydrogens (tertiary/aromatic N) is 2. The zero-order chi connectivity index (χ0) is 86.0. The Morgan fingerprint density at radius 3 is 0.680 bits per heavy atom. The van der Waals surface area contributed by atoms with Crippen LogP contribution in [0.15, 0.2) is 315 Å². The van der Waals surface area contributed by atoms with Crippen molar-refractivity contribution >= 4 is 80.4 Å². The lowest BCUT2D eigenvalue weighted by atomic mass is 9.74. The Morgan fingerprint density at radius 2 is 0.467 bits per heavy atom. The first-order chi connectivity index (χ1) is 58.3. The first-order valence-electron chi connectivity index (χ1n) is 39.8. The van der Waals surface area contributed by atoms with E-state index in [1.54, 1.807) is 97.1 Å². The van der Waals surface area contributed by atoms with E-state index in [0.29, 0.717) is 56.8 Å². The van der Waals surface area contributed by atoms with Gasteiger partial charge in [-0.2, -0.15) is 4.86 Å².